The third-order valence-corrected chi connectivity index (χ3v) is 14.7. The largest absolute Gasteiger partial charge is 0.461 e. The molecule has 2 aromatic rings. The first-order chi connectivity index (χ1) is 21.1. The first-order valence-electron chi connectivity index (χ1n) is 16.1. The van der Waals surface area contributed by atoms with Gasteiger partial charge in [-0.15, -0.1) is 0 Å². The molecule has 2 fully saturated rings. The number of hydrogen-bond acceptors (Lipinski definition) is 6. The molecule has 2 aliphatic rings. The molecule has 0 aliphatic carbocycles. The fourth-order valence-corrected chi connectivity index (χ4v) is 11.2. The van der Waals surface area contributed by atoms with Crippen molar-refractivity contribution in [3.8, 4) is 11.8 Å². The van der Waals surface area contributed by atoms with Crippen molar-refractivity contribution in [1.82, 2.24) is 15.7 Å². The number of benzene rings is 2. The van der Waals surface area contributed by atoms with Gasteiger partial charge in [-0.1, -0.05) is 102 Å². The Labute approximate surface area is 264 Å². The van der Waals surface area contributed by atoms with Gasteiger partial charge in [0.05, 0.1) is 25.6 Å². The van der Waals surface area contributed by atoms with E-state index in [0.29, 0.717) is 30.8 Å². The number of esters is 1. The molecule has 4 atom stereocenters. The predicted molar refractivity (Wildman–Crippen MR) is 175 cm³/mol. The number of cyclic esters (lactones) is 1. The Morgan fingerprint density at radius 1 is 1.05 bits per heavy atom. The molecule has 2 amide bonds. The van der Waals surface area contributed by atoms with Crippen LogP contribution >= 0.6 is 0 Å². The molecule has 4 rings (SSSR count). The van der Waals surface area contributed by atoms with Crippen LogP contribution in [0.25, 0.3) is 0 Å². The Morgan fingerprint density at radius 2 is 1.77 bits per heavy atom. The second kappa shape index (κ2) is 15.7. The van der Waals surface area contributed by atoms with Gasteiger partial charge in [-0.3, -0.25) is 9.63 Å². The zero-order chi connectivity index (χ0) is 31.7. The molecule has 2 N–H and O–H groups in total. The maximum atomic E-state index is 13.0. The van der Waals surface area contributed by atoms with Gasteiger partial charge in [0.1, 0.15) is 18.2 Å². The minimum Gasteiger partial charge on any atom is -0.461 e. The highest BCUT2D eigenvalue weighted by Gasteiger charge is 2.57. The van der Waals surface area contributed by atoms with Crippen molar-refractivity contribution in [1.29, 1.82) is 0 Å². The van der Waals surface area contributed by atoms with Gasteiger partial charge < -0.3 is 19.8 Å². The highest BCUT2D eigenvalue weighted by atomic mass is 28.4. The molecular weight excluding hydrogens is 570 g/mol. The van der Waals surface area contributed by atoms with Crippen LogP contribution in [0.3, 0.4) is 0 Å². The molecule has 0 aromatic heterocycles. The van der Waals surface area contributed by atoms with E-state index in [1.807, 2.05) is 61.5 Å². The summed E-state index contributed by atoms with van der Waals surface area (Å²) in [6.45, 7) is 15.0. The maximum absolute atomic E-state index is 13.0. The number of ether oxygens (including phenoxy) is 1. The number of hydroxylamine groups is 2. The fourth-order valence-electron chi connectivity index (χ4n) is 6.53. The Morgan fingerprint density at radius 3 is 2.48 bits per heavy atom. The molecule has 2 aliphatic heterocycles. The van der Waals surface area contributed by atoms with Crippen molar-refractivity contribution in [3.63, 3.8) is 0 Å². The third kappa shape index (κ3) is 8.30. The lowest BCUT2D eigenvalue weighted by atomic mass is 9.93. The lowest BCUT2D eigenvalue weighted by Crippen LogP contribution is -2.47. The summed E-state index contributed by atoms with van der Waals surface area (Å²) in [5, 5.41) is 7.39. The smallest absolute Gasteiger partial charge is 0.326 e. The molecule has 9 heteroatoms. The van der Waals surface area contributed by atoms with E-state index in [-0.39, 0.29) is 36.7 Å². The summed E-state index contributed by atoms with van der Waals surface area (Å²) in [6.07, 6.45) is 1.85. The zero-order valence-corrected chi connectivity index (χ0v) is 28.1. The number of hydrogen-bond donors (Lipinski definition) is 2. The summed E-state index contributed by atoms with van der Waals surface area (Å²) in [5.41, 5.74) is 3.82. The summed E-state index contributed by atoms with van der Waals surface area (Å²) in [7, 11) is -2.04. The standard InChI is InChI=1S/C35H49N3O5Si/c1-7-8-20-44(25(2)3,26(4)5)41-24-31-32-27(6)42-34(39)33(32)38(43-31)23-30-17-12-16-28(21-30)18-13-19-36-35(40)37-22-29-14-10-9-11-15-29/h9-12,14-17,21,25-27,31-33H,7-8,19-20,22-24H2,1-6H3,(H2,36,37,40)/t27-,31-,32+,33-/m1/s1. The number of urea groups is 1. The lowest BCUT2D eigenvalue weighted by molar-refractivity contribution is -0.195. The van der Waals surface area contributed by atoms with Crippen molar-refractivity contribution in [2.24, 2.45) is 5.92 Å². The van der Waals surface area contributed by atoms with E-state index in [1.54, 1.807) is 5.06 Å². The van der Waals surface area contributed by atoms with Crippen LogP contribution in [-0.2, 0) is 31.9 Å². The monoisotopic (exact) mass is 619 g/mol. The van der Waals surface area contributed by atoms with Crippen molar-refractivity contribution in [2.45, 2.75) is 103 Å². The topological polar surface area (TPSA) is 89.1 Å². The highest BCUT2D eigenvalue weighted by Crippen LogP contribution is 2.42. The molecule has 2 saturated heterocycles. The first-order valence-corrected chi connectivity index (χ1v) is 18.3. The summed E-state index contributed by atoms with van der Waals surface area (Å²) in [6, 6.07) is 18.0. The number of nitrogens with one attached hydrogen (secondary N) is 2. The number of rotatable bonds is 13. The summed E-state index contributed by atoms with van der Waals surface area (Å²) >= 11 is 0. The van der Waals surface area contributed by atoms with Crippen molar-refractivity contribution >= 4 is 20.3 Å². The van der Waals surface area contributed by atoms with Gasteiger partial charge in [0.25, 0.3) is 0 Å². The minimum atomic E-state index is -2.04. The maximum Gasteiger partial charge on any atom is 0.326 e. The van der Waals surface area contributed by atoms with Gasteiger partial charge in [0, 0.05) is 12.1 Å². The second-order valence-electron chi connectivity index (χ2n) is 12.6. The van der Waals surface area contributed by atoms with Gasteiger partial charge in [-0.2, -0.15) is 5.06 Å². The van der Waals surface area contributed by atoms with Crippen LogP contribution in [0, 0.1) is 17.8 Å². The van der Waals surface area contributed by atoms with E-state index in [4.69, 9.17) is 14.0 Å². The van der Waals surface area contributed by atoms with Crippen molar-refractivity contribution < 1.29 is 23.6 Å². The number of amides is 2. The molecule has 2 aromatic carbocycles. The average molecular weight is 620 g/mol. The Kier molecular flexibility index (Phi) is 12.0. The molecule has 2 heterocycles. The SMILES string of the molecule is CCCC[Si](OC[C@H]1ON(Cc2cccc(C#CCNC(=O)NCc3ccccc3)c2)[C@H]2C(=O)O[C@H](C)[C@@H]12)(C(C)C)C(C)C. The van der Waals surface area contributed by atoms with Gasteiger partial charge in [0.15, 0.2) is 8.32 Å². The van der Waals surface area contributed by atoms with Gasteiger partial charge in [0.2, 0.25) is 0 Å². The van der Waals surface area contributed by atoms with E-state index < -0.39 is 14.4 Å². The van der Waals surface area contributed by atoms with Gasteiger partial charge in [-0.05, 0) is 47.3 Å². The number of carbonyl (C=O) groups is 2. The Bertz CT molecular complexity index is 1300. The summed E-state index contributed by atoms with van der Waals surface area (Å²) < 4.78 is 12.6. The normalized spacial score (nSPS) is 21.6. The highest BCUT2D eigenvalue weighted by molar-refractivity contribution is 6.76. The number of fused-ring (bicyclic) bond motifs is 1. The number of nitrogens with zero attached hydrogens (tertiary/aromatic N) is 1. The van der Waals surface area contributed by atoms with Crippen LogP contribution in [0.4, 0.5) is 4.79 Å². The first kappa shape index (κ1) is 33.7. The average Bonchev–Trinajstić information content (AvgIpc) is 3.51. The van der Waals surface area contributed by atoms with Crippen molar-refractivity contribution in [3.05, 3.63) is 71.3 Å². The predicted octanol–water partition coefficient (Wildman–Crippen LogP) is 6.17. The van der Waals surface area contributed by atoms with Crippen LogP contribution in [-0.4, -0.2) is 56.8 Å². The molecule has 238 valence electrons. The third-order valence-electron chi connectivity index (χ3n) is 8.98. The lowest BCUT2D eigenvalue weighted by Gasteiger charge is -2.40. The van der Waals surface area contributed by atoms with Crippen molar-refractivity contribution in [2.75, 3.05) is 13.2 Å². The van der Waals surface area contributed by atoms with E-state index in [1.165, 1.54) is 6.42 Å². The molecular formula is C35H49N3O5Si. The summed E-state index contributed by atoms with van der Waals surface area (Å²) in [4.78, 5) is 31.6. The Balaban J connectivity index is 1.37. The molecule has 44 heavy (non-hydrogen) atoms. The summed E-state index contributed by atoms with van der Waals surface area (Å²) in [5.74, 6) is 5.83. The second-order valence-corrected chi connectivity index (χ2v) is 17.6. The van der Waals surface area contributed by atoms with Gasteiger partial charge >= 0.3 is 12.0 Å². The van der Waals surface area contributed by atoms with Crippen LogP contribution < -0.4 is 10.6 Å². The molecule has 0 bridgehead atoms. The molecule has 8 nitrogen and oxygen atoms in total. The number of unbranched alkanes of at least 4 members (excludes halogenated alkanes) is 1. The van der Waals surface area contributed by atoms with Gasteiger partial charge in [-0.25, -0.2) is 4.79 Å². The molecule has 0 radical (unpaired) electrons. The van der Waals surface area contributed by atoms with E-state index in [2.05, 4.69) is 57.1 Å². The molecule has 0 spiro atoms. The fraction of sp³-hybridized carbons (Fsp3) is 0.543. The Hall–Kier alpha value is -3.16. The minimum absolute atomic E-state index is 0.0817. The quantitative estimate of drug-likeness (QED) is 0.159. The van der Waals surface area contributed by atoms with E-state index in [9.17, 15) is 9.59 Å². The van der Waals surface area contributed by atoms with E-state index in [0.717, 1.165) is 29.2 Å². The molecule has 0 saturated carbocycles. The van der Waals surface area contributed by atoms with Crippen LogP contribution in [0.1, 0.15) is 71.1 Å². The van der Waals surface area contributed by atoms with Crippen LogP contribution in [0.15, 0.2) is 54.6 Å². The van der Waals surface area contributed by atoms with Crippen LogP contribution in [0.5, 0.6) is 0 Å². The van der Waals surface area contributed by atoms with E-state index >= 15 is 0 Å². The molecule has 0 unspecified atom stereocenters. The number of carbonyl (C=O) groups excluding carboxylic acids is 2. The van der Waals surface area contributed by atoms with Crippen LogP contribution in [0.2, 0.25) is 17.1 Å². The zero-order valence-electron chi connectivity index (χ0n) is 27.1.